The predicted octanol–water partition coefficient (Wildman–Crippen LogP) is 2.29. The maximum atomic E-state index is 12.5. The van der Waals surface area contributed by atoms with Gasteiger partial charge in [0.1, 0.15) is 0 Å². The fourth-order valence-corrected chi connectivity index (χ4v) is 4.12. The topological polar surface area (TPSA) is 59.0 Å². The smallest absolute Gasteiger partial charge is 0.225 e. The SMILES string of the molecule is Cl.Cn1cc([C@H]2CNC[C@@H]2C(=O)NCc2sccc2Br)cn1. The molecule has 0 saturated carbocycles. The van der Waals surface area contributed by atoms with Crippen LogP contribution in [0.2, 0.25) is 0 Å². The summed E-state index contributed by atoms with van der Waals surface area (Å²) in [5, 5.41) is 12.6. The molecule has 0 aromatic carbocycles. The summed E-state index contributed by atoms with van der Waals surface area (Å²) in [5.41, 5.74) is 1.12. The summed E-state index contributed by atoms with van der Waals surface area (Å²) in [6.07, 6.45) is 3.85. The van der Waals surface area contributed by atoms with Crippen molar-refractivity contribution in [2.75, 3.05) is 13.1 Å². The number of hydrogen-bond donors (Lipinski definition) is 2. The van der Waals surface area contributed by atoms with Crippen molar-refractivity contribution in [3.8, 4) is 0 Å². The Morgan fingerprint density at radius 3 is 3.05 bits per heavy atom. The van der Waals surface area contributed by atoms with E-state index in [0.29, 0.717) is 6.54 Å². The number of amides is 1. The zero-order valence-electron chi connectivity index (χ0n) is 12.1. The Morgan fingerprint density at radius 1 is 1.59 bits per heavy atom. The third kappa shape index (κ3) is 3.71. The first-order valence-electron chi connectivity index (χ1n) is 6.84. The number of aryl methyl sites for hydroxylation is 1. The van der Waals surface area contributed by atoms with E-state index in [2.05, 4.69) is 31.7 Å². The lowest BCUT2D eigenvalue weighted by Gasteiger charge is -2.16. The fraction of sp³-hybridized carbons (Fsp3) is 0.429. The fourth-order valence-electron chi connectivity index (χ4n) is 2.69. The van der Waals surface area contributed by atoms with Crippen molar-refractivity contribution >= 4 is 45.6 Å². The molecule has 3 rings (SSSR count). The van der Waals surface area contributed by atoms with Gasteiger partial charge in [-0.3, -0.25) is 9.48 Å². The number of carbonyl (C=O) groups is 1. The molecule has 2 atom stereocenters. The second kappa shape index (κ2) is 7.59. The van der Waals surface area contributed by atoms with Crippen LogP contribution in [0.4, 0.5) is 0 Å². The molecule has 0 aliphatic carbocycles. The van der Waals surface area contributed by atoms with E-state index in [1.807, 2.05) is 30.9 Å². The standard InChI is InChI=1S/C14H17BrN4OS.ClH/c1-19-8-9(4-18-19)10-5-16-6-11(10)14(20)17-7-13-12(15)2-3-21-13;/h2-4,8,10-11,16H,5-7H2,1H3,(H,17,20);1H/t10-,11+;/m1./s1. The first-order valence-corrected chi connectivity index (χ1v) is 8.51. The van der Waals surface area contributed by atoms with Gasteiger partial charge in [-0.1, -0.05) is 0 Å². The lowest BCUT2D eigenvalue weighted by Crippen LogP contribution is -2.33. The minimum absolute atomic E-state index is 0. The second-order valence-corrected chi connectivity index (χ2v) is 7.08. The van der Waals surface area contributed by atoms with Crippen LogP contribution in [0.1, 0.15) is 16.4 Å². The number of nitrogens with zero attached hydrogens (tertiary/aromatic N) is 2. The van der Waals surface area contributed by atoms with E-state index in [1.165, 1.54) is 0 Å². The highest BCUT2D eigenvalue weighted by Crippen LogP contribution is 2.28. The molecule has 1 saturated heterocycles. The minimum atomic E-state index is -0.0343. The lowest BCUT2D eigenvalue weighted by atomic mass is 9.90. The summed E-state index contributed by atoms with van der Waals surface area (Å²) < 4.78 is 2.84. The molecule has 1 fully saturated rings. The molecule has 0 bridgehead atoms. The van der Waals surface area contributed by atoms with Crippen molar-refractivity contribution in [2.45, 2.75) is 12.5 Å². The molecule has 5 nitrogen and oxygen atoms in total. The Bertz CT molecular complexity index is 644. The number of rotatable bonds is 4. The van der Waals surface area contributed by atoms with E-state index in [1.54, 1.807) is 16.0 Å². The van der Waals surface area contributed by atoms with Crippen LogP contribution in [-0.2, 0) is 18.4 Å². The van der Waals surface area contributed by atoms with E-state index in [0.717, 1.165) is 28.0 Å². The quantitative estimate of drug-likeness (QED) is 0.820. The van der Waals surface area contributed by atoms with Gasteiger partial charge >= 0.3 is 0 Å². The van der Waals surface area contributed by atoms with Crippen molar-refractivity contribution in [3.63, 3.8) is 0 Å². The van der Waals surface area contributed by atoms with Crippen LogP contribution in [0.15, 0.2) is 28.3 Å². The van der Waals surface area contributed by atoms with E-state index >= 15 is 0 Å². The summed E-state index contributed by atoms with van der Waals surface area (Å²) in [7, 11) is 1.90. The van der Waals surface area contributed by atoms with E-state index in [4.69, 9.17) is 0 Å². The van der Waals surface area contributed by atoms with Crippen LogP contribution >= 0.6 is 39.7 Å². The summed E-state index contributed by atoms with van der Waals surface area (Å²) in [5.74, 6) is 0.271. The van der Waals surface area contributed by atoms with Crippen LogP contribution in [-0.4, -0.2) is 28.8 Å². The normalized spacial score (nSPS) is 20.6. The molecule has 1 aliphatic heterocycles. The van der Waals surface area contributed by atoms with Gasteiger partial charge in [0.2, 0.25) is 5.91 Å². The first kappa shape index (κ1) is 17.5. The Morgan fingerprint density at radius 2 is 2.41 bits per heavy atom. The van der Waals surface area contributed by atoms with Gasteiger partial charge in [-0.25, -0.2) is 0 Å². The summed E-state index contributed by atoms with van der Waals surface area (Å²) in [6, 6.07) is 2.00. The van der Waals surface area contributed by atoms with Gasteiger partial charge in [0.15, 0.2) is 0 Å². The molecule has 8 heteroatoms. The summed E-state index contributed by atoms with van der Waals surface area (Å²) in [4.78, 5) is 13.6. The maximum Gasteiger partial charge on any atom is 0.225 e. The lowest BCUT2D eigenvalue weighted by molar-refractivity contribution is -0.125. The van der Waals surface area contributed by atoms with Crippen molar-refractivity contribution in [2.24, 2.45) is 13.0 Å². The van der Waals surface area contributed by atoms with E-state index in [-0.39, 0.29) is 30.2 Å². The van der Waals surface area contributed by atoms with Gasteiger partial charge in [0, 0.05) is 41.6 Å². The molecule has 2 aromatic heterocycles. The Kier molecular flexibility index (Phi) is 6.02. The molecule has 22 heavy (non-hydrogen) atoms. The van der Waals surface area contributed by atoms with Crippen molar-refractivity contribution in [1.29, 1.82) is 0 Å². The number of hydrogen-bond acceptors (Lipinski definition) is 4. The Labute approximate surface area is 148 Å². The molecular formula is C14H18BrClN4OS. The first-order chi connectivity index (χ1) is 10.1. The second-order valence-electron chi connectivity index (χ2n) is 5.23. The molecule has 0 radical (unpaired) electrons. The molecule has 1 amide bonds. The zero-order valence-corrected chi connectivity index (χ0v) is 15.3. The van der Waals surface area contributed by atoms with Gasteiger partial charge in [0.25, 0.3) is 0 Å². The highest BCUT2D eigenvalue weighted by atomic mass is 79.9. The van der Waals surface area contributed by atoms with E-state index in [9.17, 15) is 4.79 Å². The number of thiophene rings is 1. The molecule has 0 unspecified atom stereocenters. The third-order valence-electron chi connectivity index (χ3n) is 3.82. The minimum Gasteiger partial charge on any atom is -0.351 e. The van der Waals surface area contributed by atoms with E-state index < -0.39 is 0 Å². The summed E-state index contributed by atoms with van der Waals surface area (Å²) in [6.45, 7) is 2.12. The number of aromatic nitrogens is 2. The van der Waals surface area contributed by atoms with Gasteiger partial charge in [-0.15, -0.1) is 23.7 Å². The van der Waals surface area contributed by atoms with Crippen molar-refractivity contribution in [3.05, 3.63) is 38.8 Å². The molecule has 120 valence electrons. The van der Waals surface area contributed by atoms with Crippen molar-refractivity contribution < 1.29 is 4.79 Å². The predicted molar refractivity (Wildman–Crippen MR) is 93.4 cm³/mol. The average molecular weight is 406 g/mol. The van der Waals surface area contributed by atoms with Crippen LogP contribution < -0.4 is 10.6 Å². The highest BCUT2D eigenvalue weighted by Gasteiger charge is 2.34. The molecule has 0 spiro atoms. The summed E-state index contributed by atoms with van der Waals surface area (Å²) >= 11 is 5.13. The molecular weight excluding hydrogens is 388 g/mol. The number of halogens is 2. The number of carbonyl (C=O) groups excluding carboxylic acids is 1. The molecule has 2 N–H and O–H groups in total. The van der Waals surface area contributed by atoms with Crippen LogP contribution in [0.25, 0.3) is 0 Å². The third-order valence-corrected chi connectivity index (χ3v) is 5.74. The molecule has 3 heterocycles. The monoisotopic (exact) mass is 404 g/mol. The van der Waals surface area contributed by atoms with Crippen LogP contribution in [0.3, 0.4) is 0 Å². The van der Waals surface area contributed by atoms with Crippen LogP contribution in [0, 0.1) is 5.92 Å². The van der Waals surface area contributed by atoms with Gasteiger partial charge in [-0.05, 0) is 32.9 Å². The zero-order chi connectivity index (χ0) is 14.8. The average Bonchev–Trinajstić information content (AvgIpc) is 3.16. The molecule has 2 aromatic rings. The number of nitrogens with one attached hydrogen (secondary N) is 2. The maximum absolute atomic E-state index is 12.5. The van der Waals surface area contributed by atoms with Gasteiger partial charge in [-0.2, -0.15) is 5.10 Å². The Balaban J connectivity index is 0.00000176. The van der Waals surface area contributed by atoms with Gasteiger partial charge in [0.05, 0.1) is 18.7 Å². The molecule has 1 aliphatic rings. The van der Waals surface area contributed by atoms with Crippen molar-refractivity contribution in [1.82, 2.24) is 20.4 Å². The highest BCUT2D eigenvalue weighted by molar-refractivity contribution is 9.10. The largest absolute Gasteiger partial charge is 0.351 e. The Hall–Kier alpha value is -0.890. The van der Waals surface area contributed by atoms with Gasteiger partial charge < -0.3 is 10.6 Å². The van der Waals surface area contributed by atoms with Crippen LogP contribution in [0.5, 0.6) is 0 Å².